The van der Waals surface area contributed by atoms with E-state index in [0.717, 1.165) is 31.1 Å². The average Bonchev–Trinajstić information content (AvgIpc) is 2.80. The highest BCUT2D eigenvalue weighted by atomic mass is 16.1. The van der Waals surface area contributed by atoms with E-state index in [-0.39, 0.29) is 0 Å². The molecule has 1 aliphatic rings. The van der Waals surface area contributed by atoms with Crippen molar-refractivity contribution >= 4 is 11.6 Å². The number of amides is 1. The fraction of sp³-hybridized carbons (Fsp3) is 0.562. The Morgan fingerprint density at radius 2 is 2.10 bits per heavy atom. The summed E-state index contributed by atoms with van der Waals surface area (Å²) in [5, 5.41) is 0. The van der Waals surface area contributed by atoms with Crippen LogP contribution in [0.3, 0.4) is 0 Å². The largest absolute Gasteiger partial charge is 0.398 e. The number of rotatable bonds is 3. The molecule has 1 aromatic rings. The normalized spacial score (nSPS) is 20.2. The molecule has 0 aliphatic carbocycles. The second-order valence-corrected chi connectivity index (χ2v) is 6.86. The van der Waals surface area contributed by atoms with Crippen LogP contribution in [-0.2, 0) is 6.54 Å². The molecular formula is C16H25N3O. The van der Waals surface area contributed by atoms with E-state index >= 15 is 0 Å². The maximum Gasteiger partial charge on any atom is 0.248 e. The van der Waals surface area contributed by atoms with Crippen molar-refractivity contribution in [2.24, 2.45) is 17.1 Å². The predicted octanol–water partition coefficient (Wildman–Crippen LogP) is 2.24. The van der Waals surface area contributed by atoms with Gasteiger partial charge < -0.3 is 11.5 Å². The van der Waals surface area contributed by atoms with Crippen LogP contribution in [0, 0.1) is 11.3 Å². The fourth-order valence-corrected chi connectivity index (χ4v) is 2.82. The zero-order chi connectivity index (χ0) is 14.9. The lowest BCUT2D eigenvalue weighted by molar-refractivity contribution is 0.100. The molecule has 4 N–H and O–H groups in total. The molecule has 1 heterocycles. The minimum Gasteiger partial charge on any atom is -0.398 e. The van der Waals surface area contributed by atoms with E-state index in [2.05, 4.69) is 25.7 Å². The molecule has 0 radical (unpaired) electrons. The molecule has 2 rings (SSSR count). The number of primary amides is 1. The standard InChI is InChI=1S/C16H25N3O/c1-16(2,3)13-6-7-19(10-13)9-12-5-4-11(15(18)20)8-14(12)17/h4-5,8,13H,6-7,9-10,17H2,1-3H3,(H2,18,20). The first kappa shape index (κ1) is 14.9. The van der Waals surface area contributed by atoms with Crippen molar-refractivity contribution in [2.45, 2.75) is 33.7 Å². The van der Waals surface area contributed by atoms with Crippen LogP contribution in [0.2, 0.25) is 0 Å². The van der Waals surface area contributed by atoms with Crippen LogP contribution in [0.5, 0.6) is 0 Å². The molecule has 0 bridgehead atoms. The molecule has 1 unspecified atom stereocenters. The van der Waals surface area contributed by atoms with Gasteiger partial charge in [0.15, 0.2) is 0 Å². The van der Waals surface area contributed by atoms with E-state index in [1.807, 2.05) is 6.07 Å². The highest BCUT2D eigenvalue weighted by Crippen LogP contribution is 2.34. The van der Waals surface area contributed by atoms with Gasteiger partial charge in [0.25, 0.3) is 0 Å². The van der Waals surface area contributed by atoms with Gasteiger partial charge in [0.05, 0.1) is 0 Å². The van der Waals surface area contributed by atoms with Gasteiger partial charge in [-0.2, -0.15) is 0 Å². The highest BCUT2D eigenvalue weighted by molar-refractivity contribution is 5.93. The number of nitrogen functional groups attached to an aromatic ring is 1. The van der Waals surface area contributed by atoms with E-state index in [1.165, 1.54) is 6.42 Å². The van der Waals surface area contributed by atoms with Crippen LogP contribution >= 0.6 is 0 Å². The topological polar surface area (TPSA) is 72.3 Å². The van der Waals surface area contributed by atoms with Gasteiger partial charge in [0.1, 0.15) is 0 Å². The molecule has 4 heteroatoms. The number of nitrogens with two attached hydrogens (primary N) is 2. The van der Waals surface area contributed by atoms with E-state index in [4.69, 9.17) is 11.5 Å². The summed E-state index contributed by atoms with van der Waals surface area (Å²) < 4.78 is 0. The van der Waals surface area contributed by atoms with Gasteiger partial charge in [0, 0.05) is 24.3 Å². The zero-order valence-corrected chi connectivity index (χ0v) is 12.6. The highest BCUT2D eigenvalue weighted by Gasteiger charge is 2.31. The summed E-state index contributed by atoms with van der Waals surface area (Å²) in [6.07, 6.45) is 1.24. The molecule has 20 heavy (non-hydrogen) atoms. The third kappa shape index (κ3) is 3.31. The number of benzene rings is 1. The molecular weight excluding hydrogens is 250 g/mol. The van der Waals surface area contributed by atoms with E-state index in [9.17, 15) is 4.79 Å². The minimum absolute atomic E-state index is 0.357. The summed E-state index contributed by atoms with van der Waals surface area (Å²) in [4.78, 5) is 13.6. The Balaban J connectivity index is 2.03. The van der Waals surface area contributed by atoms with Crippen LogP contribution in [0.25, 0.3) is 0 Å². The van der Waals surface area contributed by atoms with Crippen LogP contribution in [0.4, 0.5) is 5.69 Å². The zero-order valence-electron chi connectivity index (χ0n) is 12.6. The van der Waals surface area contributed by atoms with Gasteiger partial charge in [-0.25, -0.2) is 0 Å². The first-order chi connectivity index (χ1) is 9.27. The van der Waals surface area contributed by atoms with Gasteiger partial charge in [-0.3, -0.25) is 9.69 Å². The molecule has 1 amide bonds. The van der Waals surface area contributed by atoms with E-state index in [1.54, 1.807) is 12.1 Å². The Bertz CT molecular complexity index is 505. The number of anilines is 1. The average molecular weight is 275 g/mol. The summed E-state index contributed by atoms with van der Waals surface area (Å²) >= 11 is 0. The lowest BCUT2D eigenvalue weighted by Crippen LogP contribution is -2.26. The molecule has 0 spiro atoms. The smallest absolute Gasteiger partial charge is 0.248 e. The molecule has 1 fully saturated rings. The van der Waals surface area contributed by atoms with Crippen LogP contribution in [0.15, 0.2) is 18.2 Å². The van der Waals surface area contributed by atoms with Crippen molar-refractivity contribution in [2.75, 3.05) is 18.8 Å². The van der Waals surface area contributed by atoms with Crippen molar-refractivity contribution in [3.8, 4) is 0 Å². The monoisotopic (exact) mass is 275 g/mol. The summed E-state index contributed by atoms with van der Waals surface area (Å²) in [6, 6.07) is 5.35. The molecule has 1 aliphatic heterocycles. The van der Waals surface area contributed by atoms with Crippen molar-refractivity contribution in [3.63, 3.8) is 0 Å². The molecule has 4 nitrogen and oxygen atoms in total. The number of likely N-dealkylation sites (tertiary alicyclic amines) is 1. The quantitative estimate of drug-likeness (QED) is 0.831. The lowest BCUT2D eigenvalue weighted by Gasteiger charge is -2.27. The van der Waals surface area contributed by atoms with Crippen molar-refractivity contribution in [3.05, 3.63) is 29.3 Å². The lowest BCUT2D eigenvalue weighted by atomic mass is 9.80. The number of carbonyl (C=O) groups is 1. The molecule has 0 aromatic heterocycles. The van der Waals surface area contributed by atoms with E-state index < -0.39 is 5.91 Å². The molecule has 1 saturated heterocycles. The summed E-state index contributed by atoms with van der Waals surface area (Å²) in [5.41, 5.74) is 13.8. The van der Waals surface area contributed by atoms with E-state index in [0.29, 0.717) is 16.7 Å². The first-order valence-electron chi connectivity index (χ1n) is 7.18. The third-order valence-corrected chi connectivity index (χ3v) is 4.32. The predicted molar refractivity (Wildman–Crippen MR) is 82.2 cm³/mol. The van der Waals surface area contributed by atoms with Gasteiger partial charge in [-0.15, -0.1) is 0 Å². The van der Waals surface area contributed by atoms with Crippen LogP contribution in [0.1, 0.15) is 43.1 Å². The van der Waals surface area contributed by atoms with Gasteiger partial charge in [0.2, 0.25) is 5.91 Å². The first-order valence-corrected chi connectivity index (χ1v) is 7.18. The maximum atomic E-state index is 11.1. The number of carbonyl (C=O) groups excluding carboxylic acids is 1. The molecule has 110 valence electrons. The number of nitrogens with zero attached hydrogens (tertiary/aromatic N) is 1. The summed E-state index contributed by atoms with van der Waals surface area (Å²) in [7, 11) is 0. The number of hydrogen-bond donors (Lipinski definition) is 2. The van der Waals surface area contributed by atoms with Crippen LogP contribution in [-0.4, -0.2) is 23.9 Å². The maximum absolute atomic E-state index is 11.1. The van der Waals surface area contributed by atoms with Crippen molar-refractivity contribution < 1.29 is 4.79 Å². The molecule has 1 atom stereocenters. The summed E-state index contributed by atoms with van der Waals surface area (Å²) in [6.45, 7) is 9.97. The molecule has 0 saturated carbocycles. The Morgan fingerprint density at radius 1 is 1.40 bits per heavy atom. The SMILES string of the molecule is CC(C)(C)C1CCN(Cc2ccc(C(N)=O)cc2N)C1. The second-order valence-electron chi connectivity index (χ2n) is 6.86. The minimum atomic E-state index is -0.433. The Hall–Kier alpha value is -1.55. The molecule has 1 aromatic carbocycles. The summed E-state index contributed by atoms with van der Waals surface area (Å²) in [5.74, 6) is 0.297. The Kier molecular flexibility index (Phi) is 4.04. The Labute approximate surface area is 121 Å². The van der Waals surface area contributed by atoms with Gasteiger partial charge in [-0.05, 0) is 42.0 Å². The van der Waals surface area contributed by atoms with Crippen molar-refractivity contribution in [1.29, 1.82) is 0 Å². The van der Waals surface area contributed by atoms with Crippen LogP contribution < -0.4 is 11.5 Å². The second kappa shape index (κ2) is 5.44. The third-order valence-electron chi connectivity index (χ3n) is 4.32. The Morgan fingerprint density at radius 3 is 2.60 bits per heavy atom. The fourth-order valence-electron chi connectivity index (χ4n) is 2.82. The van der Waals surface area contributed by atoms with Gasteiger partial charge >= 0.3 is 0 Å². The van der Waals surface area contributed by atoms with Gasteiger partial charge in [-0.1, -0.05) is 26.8 Å². The number of hydrogen-bond acceptors (Lipinski definition) is 3. The van der Waals surface area contributed by atoms with Crippen molar-refractivity contribution in [1.82, 2.24) is 4.90 Å².